The molecule has 2 rings (SSSR count). The fourth-order valence-electron chi connectivity index (χ4n) is 1.54. The van der Waals surface area contributed by atoms with Gasteiger partial charge in [-0.3, -0.25) is 0 Å². The predicted molar refractivity (Wildman–Crippen MR) is 66.0 cm³/mol. The molecular formula is C11H12BrFN4. The van der Waals surface area contributed by atoms with E-state index in [1.807, 2.05) is 13.1 Å². The van der Waals surface area contributed by atoms with Crippen LogP contribution in [0.5, 0.6) is 0 Å². The summed E-state index contributed by atoms with van der Waals surface area (Å²) >= 11 is 3.26. The minimum atomic E-state index is -0.259. The second-order valence-electron chi connectivity index (χ2n) is 3.67. The van der Waals surface area contributed by atoms with Crippen LogP contribution in [0.2, 0.25) is 0 Å². The number of nitrogens with zero attached hydrogens (tertiary/aromatic N) is 3. The molecule has 1 aromatic heterocycles. The molecule has 1 aromatic carbocycles. The molecule has 0 saturated heterocycles. The van der Waals surface area contributed by atoms with Crippen LogP contribution in [0, 0.1) is 5.82 Å². The predicted octanol–water partition coefficient (Wildman–Crippen LogP) is 1.95. The van der Waals surface area contributed by atoms with Gasteiger partial charge >= 0.3 is 0 Å². The first-order valence-corrected chi connectivity index (χ1v) is 5.94. The minimum Gasteiger partial charge on any atom is -0.313 e. The van der Waals surface area contributed by atoms with E-state index in [0.29, 0.717) is 13.1 Å². The Hall–Kier alpha value is -1.27. The highest BCUT2D eigenvalue weighted by atomic mass is 79.9. The zero-order chi connectivity index (χ0) is 12.3. The molecule has 2 aromatic rings. The van der Waals surface area contributed by atoms with Crippen molar-refractivity contribution in [2.75, 3.05) is 7.05 Å². The van der Waals surface area contributed by atoms with Crippen molar-refractivity contribution in [2.24, 2.45) is 0 Å². The summed E-state index contributed by atoms with van der Waals surface area (Å²) in [7, 11) is 1.84. The van der Waals surface area contributed by atoms with Crippen LogP contribution in [0.1, 0.15) is 11.4 Å². The quantitative estimate of drug-likeness (QED) is 0.938. The maximum Gasteiger partial charge on any atom is 0.164 e. The highest BCUT2D eigenvalue weighted by Gasteiger charge is 2.03. The molecule has 17 heavy (non-hydrogen) atoms. The Labute approximate surface area is 107 Å². The van der Waals surface area contributed by atoms with Gasteiger partial charge in [-0.15, -0.1) is 0 Å². The van der Waals surface area contributed by atoms with Crippen LogP contribution in [0.4, 0.5) is 4.39 Å². The van der Waals surface area contributed by atoms with E-state index >= 15 is 0 Å². The van der Waals surface area contributed by atoms with E-state index in [0.717, 1.165) is 15.9 Å². The van der Waals surface area contributed by atoms with Crippen LogP contribution >= 0.6 is 15.9 Å². The number of hydrogen-bond acceptors (Lipinski definition) is 3. The summed E-state index contributed by atoms with van der Waals surface area (Å²) in [4.78, 5) is 4.13. The molecule has 4 nitrogen and oxygen atoms in total. The fraction of sp³-hybridized carbons (Fsp3) is 0.273. The Balaban J connectivity index is 2.13. The molecule has 0 amide bonds. The van der Waals surface area contributed by atoms with Gasteiger partial charge in [0.05, 0.1) is 13.1 Å². The molecule has 6 heteroatoms. The average molecular weight is 299 g/mol. The summed E-state index contributed by atoms with van der Waals surface area (Å²) in [6.45, 7) is 1.13. The summed E-state index contributed by atoms with van der Waals surface area (Å²) < 4.78 is 15.6. The maximum absolute atomic E-state index is 13.2. The van der Waals surface area contributed by atoms with E-state index in [2.05, 4.69) is 31.3 Å². The van der Waals surface area contributed by atoms with Gasteiger partial charge in [0.15, 0.2) is 5.82 Å². The lowest BCUT2D eigenvalue weighted by molar-refractivity contribution is 0.616. The normalized spacial score (nSPS) is 10.8. The van der Waals surface area contributed by atoms with Crippen LogP contribution in [-0.2, 0) is 13.1 Å². The van der Waals surface area contributed by atoms with E-state index in [4.69, 9.17) is 0 Å². The van der Waals surface area contributed by atoms with Crippen molar-refractivity contribution in [1.82, 2.24) is 20.1 Å². The van der Waals surface area contributed by atoms with E-state index in [1.54, 1.807) is 11.0 Å². The van der Waals surface area contributed by atoms with Gasteiger partial charge in [-0.25, -0.2) is 14.1 Å². The van der Waals surface area contributed by atoms with Gasteiger partial charge in [-0.05, 0) is 30.8 Å². The molecular weight excluding hydrogens is 287 g/mol. The molecule has 0 aliphatic heterocycles. The molecule has 0 aliphatic rings. The Morgan fingerprint density at radius 2 is 2.24 bits per heavy atom. The maximum atomic E-state index is 13.2. The van der Waals surface area contributed by atoms with Crippen molar-refractivity contribution in [3.05, 3.63) is 46.2 Å². The topological polar surface area (TPSA) is 42.7 Å². The van der Waals surface area contributed by atoms with Crippen LogP contribution < -0.4 is 5.32 Å². The molecule has 0 aliphatic carbocycles. The third-order valence-corrected chi connectivity index (χ3v) is 2.64. The summed E-state index contributed by atoms with van der Waals surface area (Å²) in [5.74, 6) is 0.466. The van der Waals surface area contributed by atoms with E-state index < -0.39 is 0 Å². The van der Waals surface area contributed by atoms with Gasteiger partial charge in [0.1, 0.15) is 12.1 Å². The smallest absolute Gasteiger partial charge is 0.164 e. The van der Waals surface area contributed by atoms with Gasteiger partial charge < -0.3 is 5.32 Å². The van der Waals surface area contributed by atoms with Gasteiger partial charge in [0.2, 0.25) is 0 Å². The first kappa shape index (κ1) is 12.2. The lowest BCUT2D eigenvalue weighted by atomic mass is 10.2. The molecule has 0 bridgehead atoms. The number of rotatable bonds is 4. The average Bonchev–Trinajstić information content (AvgIpc) is 2.64. The lowest BCUT2D eigenvalue weighted by Gasteiger charge is -2.02. The molecule has 0 saturated carbocycles. The van der Waals surface area contributed by atoms with Crippen LogP contribution in [-0.4, -0.2) is 21.8 Å². The summed E-state index contributed by atoms with van der Waals surface area (Å²) in [6, 6.07) is 4.78. The fourth-order valence-corrected chi connectivity index (χ4v) is 2.05. The first-order valence-electron chi connectivity index (χ1n) is 5.15. The molecule has 0 fully saturated rings. The summed E-state index contributed by atoms with van der Waals surface area (Å²) in [5, 5.41) is 7.23. The SMILES string of the molecule is CNCc1ncn(Cc2cc(F)cc(Br)c2)n1. The molecule has 0 spiro atoms. The molecule has 0 unspecified atom stereocenters. The molecule has 90 valence electrons. The van der Waals surface area contributed by atoms with Crippen molar-refractivity contribution in [3.63, 3.8) is 0 Å². The van der Waals surface area contributed by atoms with E-state index in [9.17, 15) is 4.39 Å². The third-order valence-electron chi connectivity index (χ3n) is 2.19. The lowest BCUT2D eigenvalue weighted by Crippen LogP contribution is -2.08. The standard InChI is InChI=1S/C11H12BrFN4/c1-14-5-11-15-7-17(16-11)6-8-2-9(12)4-10(13)3-8/h2-4,7,14H,5-6H2,1H3. The summed E-state index contributed by atoms with van der Waals surface area (Å²) in [5.41, 5.74) is 0.845. The van der Waals surface area contributed by atoms with Crippen molar-refractivity contribution in [3.8, 4) is 0 Å². The third kappa shape index (κ3) is 3.34. The molecule has 0 atom stereocenters. The van der Waals surface area contributed by atoms with E-state index in [1.165, 1.54) is 12.1 Å². The van der Waals surface area contributed by atoms with Crippen molar-refractivity contribution in [1.29, 1.82) is 0 Å². The van der Waals surface area contributed by atoms with Gasteiger partial charge in [0.25, 0.3) is 0 Å². The Morgan fingerprint density at radius 3 is 2.94 bits per heavy atom. The summed E-state index contributed by atoms with van der Waals surface area (Å²) in [6.07, 6.45) is 1.64. The minimum absolute atomic E-state index is 0.259. The van der Waals surface area contributed by atoms with Crippen LogP contribution in [0.15, 0.2) is 29.0 Å². The van der Waals surface area contributed by atoms with Crippen LogP contribution in [0.3, 0.4) is 0 Å². The van der Waals surface area contributed by atoms with Gasteiger partial charge in [-0.2, -0.15) is 5.10 Å². The number of nitrogens with one attached hydrogen (secondary N) is 1. The number of benzene rings is 1. The Kier molecular flexibility index (Phi) is 3.86. The van der Waals surface area contributed by atoms with Gasteiger partial charge in [-0.1, -0.05) is 15.9 Å². The first-order chi connectivity index (χ1) is 8.17. The van der Waals surface area contributed by atoms with Crippen LogP contribution in [0.25, 0.3) is 0 Å². The number of aromatic nitrogens is 3. The number of halogens is 2. The highest BCUT2D eigenvalue weighted by Crippen LogP contribution is 2.15. The Bertz CT molecular complexity index is 492. The zero-order valence-corrected chi connectivity index (χ0v) is 10.9. The molecule has 1 heterocycles. The van der Waals surface area contributed by atoms with Gasteiger partial charge in [0, 0.05) is 4.47 Å². The number of hydrogen-bond donors (Lipinski definition) is 1. The van der Waals surface area contributed by atoms with Crippen molar-refractivity contribution < 1.29 is 4.39 Å². The van der Waals surface area contributed by atoms with E-state index in [-0.39, 0.29) is 5.82 Å². The second-order valence-corrected chi connectivity index (χ2v) is 4.58. The molecule has 0 radical (unpaired) electrons. The Morgan fingerprint density at radius 1 is 1.41 bits per heavy atom. The molecule has 1 N–H and O–H groups in total. The largest absolute Gasteiger partial charge is 0.313 e. The monoisotopic (exact) mass is 298 g/mol. The van der Waals surface area contributed by atoms with Crippen molar-refractivity contribution in [2.45, 2.75) is 13.1 Å². The zero-order valence-electron chi connectivity index (χ0n) is 9.32. The highest BCUT2D eigenvalue weighted by molar-refractivity contribution is 9.10. The van der Waals surface area contributed by atoms with Crippen molar-refractivity contribution >= 4 is 15.9 Å². The second kappa shape index (κ2) is 5.37.